The summed E-state index contributed by atoms with van der Waals surface area (Å²) in [5.41, 5.74) is 0. The van der Waals surface area contributed by atoms with Crippen LogP contribution in [0.25, 0.3) is 0 Å². The van der Waals surface area contributed by atoms with E-state index in [1.54, 1.807) is 0 Å². The molecule has 54 valence electrons. The van der Waals surface area contributed by atoms with Gasteiger partial charge in [-0.15, -0.1) is 11.6 Å². The van der Waals surface area contributed by atoms with Crippen LogP contribution in [0.3, 0.4) is 0 Å². The lowest BCUT2D eigenvalue weighted by Crippen LogP contribution is -2.29. The number of carbonyl (C=O) groups is 1. The van der Waals surface area contributed by atoms with E-state index in [9.17, 15) is 18.0 Å². The van der Waals surface area contributed by atoms with Crippen LogP contribution in [-0.2, 0) is 4.79 Å². The summed E-state index contributed by atoms with van der Waals surface area (Å²) in [4.78, 5) is 9.91. The number of hydrogen-bond acceptors (Lipinski definition) is 1. The van der Waals surface area contributed by atoms with Crippen molar-refractivity contribution < 1.29 is 18.0 Å². The van der Waals surface area contributed by atoms with Gasteiger partial charge in [0, 0.05) is 0 Å². The highest BCUT2D eigenvalue weighted by Gasteiger charge is 2.40. The van der Waals surface area contributed by atoms with Crippen molar-refractivity contribution >= 4 is 17.4 Å². The van der Waals surface area contributed by atoms with Crippen LogP contribution in [0.4, 0.5) is 13.2 Å². The highest BCUT2D eigenvalue weighted by Crippen LogP contribution is 2.19. The molecule has 0 N–H and O–H groups in total. The number of hydrogen-bond donors (Lipinski definition) is 0. The van der Waals surface area contributed by atoms with Crippen LogP contribution >= 0.6 is 11.6 Å². The summed E-state index contributed by atoms with van der Waals surface area (Å²) < 4.78 is 33.8. The monoisotopic (exact) mass is 160 g/mol. The van der Waals surface area contributed by atoms with Crippen LogP contribution in [0, 0.1) is 0 Å². The highest BCUT2D eigenvalue weighted by molar-refractivity contribution is 6.31. The van der Waals surface area contributed by atoms with Gasteiger partial charge in [0.25, 0.3) is 5.78 Å². The van der Waals surface area contributed by atoms with Crippen molar-refractivity contribution in [2.75, 3.05) is 0 Å². The molecular weight excluding hydrogens is 156 g/mol. The van der Waals surface area contributed by atoms with Gasteiger partial charge < -0.3 is 0 Å². The zero-order valence-electron chi connectivity index (χ0n) is 4.50. The molecular formula is C4H4ClF3O. The predicted octanol–water partition coefficient (Wildman–Crippen LogP) is 1.75. The van der Waals surface area contributed by atoms with Gasteiger partial charge in [-0.2, -0.15) is 13.2 Å². The Bertz CT molecular complexity index is 117. The standard InChI is InChI=1S/C4H4ClF3O/c1-2(5)3(9)4(6,7)8/h2H,1H3. The Labute approximate surface area is 54.8 Å². The first-order valence-corrected chi connectivity index (χ1v) is 2.54. The van der Waals surface area contributed by atoms with Crippen LogP contribution < -0.4 is 0 Å². The van der Waals surface area contributed by atoms with Gasteiger partial charge >= 0.3 is 6.18 Å². The fraction of sp³-hybridized carbons (Fsp3) is 0.750. The van der Waals surface area contributed by atoms with E-state index in [1.165, 1.54) is 0 Å². The maximum Gasteiger partial charge on any atom is 0.451 e. The zero-order valence-corrected chi connectivity index (χ0v) is 5.25. The van der Waals surface area contributed by atoms with Crippen LogP contribution in [0.1, 0.15) is 6.92 Å². The van der Waals surface area contributed by atoms with E-state index in [4.69, 9.17) is 11.6 Å². The van der Waals surface area contributed by atoms with E-state index in [0.717, 1.165) is 6.92 Å². The molecule has 1 atom stereocenters. The second kappa shape index (κ2) is 2.56. The second-order valence-corrected chi connectivity index (χ2v) is 2.13. The molecule has 0 amide bonds. The van der Waals surface area contributed by atoms with Crippen molar-refractivity contribution in [2.24, 2.45) is 0 Å². The minimum Gasteiger partial charge on any atom is -0.288 e. The molecule has 0 saturated carbocycles. The van der Waals surface area contributed by atoms with Crippen molar-refractivity contribution in [2.45, 2.75) is 18.5 Å². The molecule has 0 aromatic heterocycles. The molecule has 5 heteroatoms. The fourth-order valence-corrected chi connectivity index (χ4v) is 0.349. The summed E-state index contributed by atoms with van der Waals surface area (Å²) >= 11 is 4.84. The smallest absolute Gasteiger partial charge is 0.288 e. The summed E-state index contributed by atoms with van der Waals surface area (Å²) in [5.74, 6) is -1.90. The maximum atomic E-state index is 11.3. The Morgan fingerprint density at radius 1 is 1.56 bits per heavy atom. The first-order chi connectivity index (χ1) is 3.85. The molecule has 0 bridgehead atoms. The van der Waals surface area contributed by atoms with Gasteiger partial charge in [0.1, 0.15) is 0 Å². The summed E-state index contributed by atoms with van der Waals surface area (Å²) in [6.45, 7) is 0.984. The van der Waals surface area contributed by atoms with E-state index in [0.29, 0.717) is 0 Å². The van der Waals surface area contributed by atoms with E-state index in [2.05, 4.69) is 0 Å². The third-order valence-electron chi connectivity index (χ3n) is 0.641. The van der Waals surface area contributed by atoms with Gasteiger partial charge in [0.15, 0.2) is 0 Å². The van der Waals surface area contributed by atoms with Gasteiger partial charge in [-0.25, -0.2) is 0 Å². The molecule has 0 aromatic rings. The van der Waals surface area contributed by atoms with Crippen LogP contribution in [-0.4, -0.2) is 17.3 Å². The molecule has 9 heavy (non-hydrogen) atoms. The topological polar surface area (TPSA) is 17.1 Å². The lowest BCUT2D eigenvalue weighted by molar-refractivity contribution is -0.170. The SMILES string of the molecule is CC(Cl)C(=O)C(F)(F)F. The Morgan fingerprint density at radius 3 is 1.89 bits per heavy atom. The second-order valence-electron chi connectivity index (χ2n) is 1.48. The summed E-state index contributed by atoms with van der Waals surface area (Å²) in [6.07, 6.45) is -4.79. The third-order valence-corrected chi connectivity index (χ3v) is 0.839. The quantitative estimate of drug-likeness (QED) is 0.534. The van der Waals surface area contributed by atoms with Crippen molar-refractivity contribution in [3.63, 3.8) is 0 Å². The molecule has 0 aliphatic heterocycles. The van der Waals surface area contributed by atoms with E-state index in [1.807, 2.05) is 0 Å². The average Bonchev–Trinajstić information content (AvgIpc) is 1.62. The van der Waals surface area contributed by atoms with Crippen molar-refractivity contribution in [3.05, 3.63) is 0 Å². The van der Waals surface area contributed by atoms with Crippen molar-refractivity contribution in [3.8, 4) is 0 Å². The lowest BCUT2D eigenvalue weighted by atomic mass is 10.3. The number of Topliss-reactive ketones (excluding diaryl/α,β-unsaturated/α-hetero) is 1. The van der Waals surface area contributed by atoms with Crippen molar-refractivity contribution in [1.29, 1.82) is 0 Å². The molecule has 0 radical (unpaired) electrons. The minimum atomic E-state index is -4.79. The van der Waals surface area contributed by atoms with E-state index >= 15 is 0 Å². The predicted molar refractivity (Wildman–Crippen MR) is 26.4 cm³/mol. The Hall–Kier alpha value is -0.250. The zero-order chi connectivity index (χ0) is 7.65. The molecule has 0 saturated heterocycles. The average molecular weight is 161 g/mol. The highest BCUT2D eigenvalue weighted by atomic mass is 35.5. The van der Waals surface area contributed by atoms with Crippen LogP contribution in [0.5, 0.6) is 0 Å². The normalized spacial score (nSPS) is 15.2. The molecule has 1 unspecified atom stereocenters. The van der Waals surface area contributed by atoms with Crippen LogP contribution in [0.15, 0.2) is 0 Å². The molecule has 0 spiro atoms. The molecule has 0 fully saturated rings. The van der Waals surface area contributed by atoms with Gasteiger partial charge in [0.2, 0.25) is 0 Å². The Balaban J connectivity index is 4.06. The number of carbonyl (C=O) groups excluding carboxylic acids is 1. The van der Waals surface area contributed by atoms with E-state index in [-0.39, 0.29) is 0 Å². The molecule has 0 heterocycles. The van der Waals surface area contributed by atoms with Gasteiger partial charge in [-0.3, -0.25) is 4.79 Å². The molecule has 0 aliphatic rings. The summed E-state index contributed by atoms with van der Waals surface area (Å²) in [6, 6.07) is 0. The Morgan fingerprint density at radius 2 is 1.89 bits per heavy atom. The molecule has 1 nitrogen and oxygen atoms in total. The van der Waals surface area contributed by atoms with Gasteiger partial charge in [-0.1, -0.05) is 0 Å². The summed E-state index contributed by atoms with van der Waals surface area (Å²) in [5, 5.41) is -1.48. The van der Waals surface area contributed by atoms with Gasteiger partial charge in [-0.05, 0) is 6.92 Å². The van der Waals surface area contributed by atoms with E-state index < -0.39 is 17.3 Å². The first kappa shape index (κ1) is 8.75. The number of ketones is 1. The van der Waals surface area contributed by atoms with Gasteiger partial charge in [0.05, 0.1) is 5.38 Å². The van der Waals surface area contributed by atoms with Crippen molar-refractivity contribution in [1.82, 2.24) is 0 Å². The molecule has 0 rings (SSSR count). The first-order valence-electron chi connectivity index (χ1n) is 2.11. The van der Waals surface area contributed by atoms with Crippen LogP contribution in [0.2, 0.25) is 0 Å². The summed E-state index contributed by atoms with van der Waals surface area (Å²) in [7, 11) is 0. The maximum absolute atomic E-state index is 11.3. The fourth-order valence-electron chi connectivity index (χ4n) is 0.226. The molecule has 0 aliphatic carbocycles. The Kier molecular flexibility index (Phi) is 2.49. The number of rotatable bonds is 1. The third kappa shape index (κ3) is 2.70. The minimum absolute atomic E-state index is 0.984. The number of alkyl halides is 4. The molecule has 0 aromatic carbocycles. The number of halogens is 4. The largest absolute Gasteiger partial charge is 0.451 e. The lowest BCUT2D eigenvalue weighted by Gasteiger charge is -2.04.